The number of hydrogen-bond acceptors (Lipinski definition) is 6. The Kier molecular flexibility index (Phi) is 5.30. The second kappa shape index (κ2) is 7.80. The summed E-state index contributed by atoms with van der Waals surface area (Å²) in [6.45, 7) is 2.23. The van der Waals surface area contributed by atoms with Crippen LogP contribution in [0.25, 0.3) is 10.6 Å². The zero-order valence-corrected chi connectivity index (χ0v) is 14.4. The van der Waals surface area contributed by atoms with Crippen molar-refractivity contribution in [2.24, 2.45) is 0 Å². The van der Waals surface area contributed by atoms with Crippen molar-refractivity contribution in [2.75, 3.05) is 0 Å². The molecular weight excluding hydrogens is 338 g/mol. The van der Waals surface area contributed by atoms with E-state index in [1.165, 1.54) is 29.3 Å². The number of nitrogens with zero attached hydrogens (tertiary/aromatic N) is 4. The van der Waals surface area contributed by atoms with Gasteiger partial charge < -0.3 is 5.32 Å². The summed E-state index contributed by atoms with van der Waals surface area (Å²) < 4.78 is 1.39. The first kappa shape index (κ1) is 17.0. The highest BCUT2D eigenvalue weighted by Crippen LogP contribution is 2.21. The summed E-state index contributed by atoms with van der Waals surface area (Å²) in [5.41, 5.74) is 0.783. The Hall–Kier alpha value is -2.87. The van der Waals surface area contributed by atoms with E-state index >= 15 is 0 Å². The summed E-state index contributed by atoms with van der Waals surface area (Å²) in [6.07, 6.45) is 5.04. The smallest absolute Gasteiger partial charge is 0.271 e. The van der Waals surface area contributed by atoms with Crippen LogP contribution >= 0.6 is 11.3 Å². The van der Waals surface area contributed by atoms with Crippen LogP contribution < -0.4 is 10.9 Å². The number of thiophene rings is 1. The Labute approximate surface area is 148 Å². The molecule has 0 aromatic carbocycles. The lowest BCUT2D eigenvalue weighted by Crippen LogP contribution is -2.40. The largest absolute Gasteiger partial charge is 0.346 e. The van der Waals surface area contributed by atoms with Crippen LogP contribution in [0.5, 0.6) is 0 Å². The van der Waals surface area contributed by atoms with Crippen LogP contribution in [0.1, 0.15) is 23.8 Å². The van der Waals surface area contributed by atoms with Gasteiger partial charge in [0, 0.05) is 24.5 Å². The van der Waals surface area contributed by atoms with Gasteiger partial charge in [0.2, 0.25) is 0 Å². The van der Waals surface area contributed by atoms with Crippen LogP contribution in [0.3, 0.4) is 0 Å². The lowest BCUT2D eigenvalue weighted by molar-refractivity contribution is 0.0925. The molecule has 0 aliphatic rings. The molecule has 25 heavy (non-hydrogen) atoms. The number of hydrogen-bond donors (Lipinski definition) is 1. The third kappa shape index (κ3) is 4.16. The molecule has 0 bridgehead atoms. The molecular formula is C17H17N5O2S. The van der Waals surface area contributed by atoms with Gasteiger partial charge in [0.1, 0.15) is 11.4 Å². The van der Waals surface area contributed by atoms with Gasteiger partial charge >= 0.3 is 0 Å². The summed E-state index contributed by atoms with van der Waals surface area (Å²) in [6, 6.07) is 6.86. The summed E-state index contributed by atoms with van der Waals surface area (Å²) in [4.78, 5) is 33.2. The second-order valence-corrected chi connectivity index (χ2v) is 6.33. The Morgan fingerprint density at radius 1 is 1.32 bits per heavy atom. The van der Waals surface area contributed by atoms with E-state index in [-0.39, 0.29) is 23.2 Å². The average molecular weight is 355 g/mol. The minimum Gasteiger partial charge on any atom is -0.346 e. The number of carbonyl (C=O) groups excluding carboxylic acids is 1. The molecule has 0 aliphatic heterocycles. The van der Waals surface area contributed by atoms with Gasteiger partial charge in [-0.3, -0.25) is 14.6 Å². The molecule has 0 saturated heterocycles. The quantitative estimate of drug-likeness (QED) is 0.730. The van der Waals surface area contributed by atoms with Crippen LogP contribution in [0.4, 0.5) is 0 Å². The van der Waals surface area contributed by atoms with Crippen LogP contribution in [0, 0.1) is 0 Å². The Morgan fingerprint density at radius 2 is 2.20 bits per heavy atom. The number of amides is 1. The first-order chi connectivity index (χ1) is 12.2. The van der Waals surface area contributed by atoms with Crippen molar-refractivity contribution < 1.29 is 4.79 Å². The Bertz CT molecular complexity index is 893. The molecule has 8 heteroatoms. The van der Waals surface area contributed by atoms with Crippen LogP contribution in [0.2, 0.25) is 0 Å². The fourth-order valence-electron chi connectivity index (χ4n) is 2.30. The van der Waals surface area contributed by atoms with Gasteiger partial charge in [-0.2, -0.15) is 5.10 Å². The fraction of sp³-hybridized carbons (Fsp3) is 0.235. The highest BCUT2D eigenvalue weighted by Gasteiger charge is 2.15. The lowest BCUT2D eigenvalue weighted by Gasteiger charge is -2.17. The molecule has 0 saturated carbocycles. The molecule has 3 aromatic heterocycles. The second-order valence-electron chi connectivity index (χ2n) is 5.39. The molecule has 7 nitrogen and oxygen atoms in total. The molecule has 0 fully saturated rings. The maximum atomic E-state index is 12.2. The van der Waals surface area contributed by atoms with E-state index in [0.29, 0.717) is 13.0 Å². The highest BCUT2D eigenvalue weighted by atomic mass is 32.1. The average Bonchev–Trinajstić information content (AvgIpc) is 3.18. The molecule has 1 atom stereocenters. The monoisotopic (exact) mass is 355 g/mol. The van der Waals surface area contributed by atoms with Gasteiger partial charge in [-0.05, 0) is 23.9 Å². The van der Waals surface area contributed by atoms with Crippen molar-refractivity contribution in [1.29, 1.82) is 0 Å². The van der Waals surface area contributed by atoms with E-state index in [1.807, 2.05) is 24.4 Å². The van der Waals surface area contributed by atoms with E-state index < -0.39 is 0 Å². The maximum absolute atomic E-state index is 12.2. The maximum Gasteiger partial charge on any atom is 0.271 e. The summed E-state index contributed by atoms with van der Waals surface area (Å²) in [5.74, 6) is -0.317. The Balaban J connectivity index is 1.76. The van der Waals surface area contributed by atoms with Crippen molar-refractivity contribution in [3.63, 3.8) is 0 Å². The van der Waals surface area contributed by atoms with Gasteiger partial charge in [0.15, 0.2) is 0 Å². The first-order valence-corrected chi connectivity index (χ1v) is 8.74. The third-order valence-electron chi connectivity index (χ3n) is 3.66. The first-order valence-electron chi connectivity index (χ1n) is 7.86. The minimum absolute atomic E-state index is 0.201. The van der Waals surface area contributed by atoms with Crippen molar-refractivity contribution in [3.8, 4) is 10.6 Å². The van der Waals surface area contributed by atoms with Crippen molar-refractivity contribution in [3.05, 3.63) is 64.3 Å². The molecule has 1 amide bonds. The Morgan fingerprint density at radius 3 is 2.88 bits per heavy atom. The molecule has 3 heterocycles. The topological polar surface area (TPSA) is 89.8 Å². The molecule has 0 aliphatic carbocycles. The van der Waals surface area contributed by atoms with Gasteiger partial charge in [0.25, 0.3) is 11.5 Å². The normalized spacial score (nSPS) is 11.9. The number of aromatic nitrogens is 4. The van der Waals surface area contributed by atoms with Crippen LogP contribution in [-0.4, -0.2) is 31.7 Å². The van der Waals surface area contributed by atoms with E-state index in [2.05, 4.69) is 20.4 Å². The van der Waals surface area contributed by atoms with E-state index in [9.17, 15) is 9.59 Å². The third-order valence-corrected chi connectivity index (χ3v) is 4.55. The van der Waals surface area contributed by atoms with Gasteiger partial charge in [-0.25, -0.2) is 9.67 Å². The number of nitrogens with one attached hydrogen (secondary N) is 1. The lowest BCUT2D eigenvalue weighted by atomic mass is 10.2. The van der Waals surface area contributed by atoms with E-state index in [1.54, 1.807) is 17.4 Å². The van der Waals surface area contributed by atoms with Crippen molar-refractivity contribution in [2.45, 2.75) is 25.9 Å². The number of carbonyl (C=O) groups is 1. The van der Waals surface area contributed by atoms with E-state index in [0.717, 1.165) is 10.6 Å². The molecule has 0 spiro atoms. The van der Waals surface area contributed by atoms with Gasteiger partial charge in [-0.1, -0.05) is 13.0 Å². The predicted octanol–water partition coefficient (Wildman–Crippen LogP) is 1.97. The van der Waals surface area contributed by atoms with Crippen LogP contribution in [0.15, 0.2) is 53.0 Å². The standard InChI is InChI=1S/C17H17N5O2S/c1-2-12(20-17(24)14-10-18-7-8-19-14)11-22-16(23)6-5-13(21-22)15-4-3-9-25-15/h3-10,12H,2,11H2,1H3,(H,20,24)/t12-/m1/s1. The summed E-state index contributed by atoms with van der Waals surface area (Å²) in [7, 11) is 0. The van der Waals surface area contributed by atoms with E-state index in [4.69, 9.17) is 0 Å². The molecule has 1 N–H and O–H groups in total. The SMILES string of the molecule is CC[C@H](Cn1nc(-c2cccs2)ccc1=O)NC(=O)c1cnccn1. The van der Waals surface area contributed by atoms with Crippen molar-refractivity contribution in [1.82, 2.24) is 25.1 Å². The zero-order valence-electron chi connectivity index (χ0n) is 13.6. The van der Waals surface area contributed by atoms with Gasteiger partial charge in [0.05, 0.1) is 17.6 Å². The number of rotatable bonds is 6. The van der Waals surface area contributed by atoms with Crippen molar-refractivity contribution >= 4 is 17.2 Å². The molecule has 128 valence electrons. The molecule has 3 aromatic rings. The highest BCUT2D eigenvalue weighted by molar-refractivity contribution is 7.13. The van der Waals surface area contributed by atoms with Crippen LogP contribution in [-0.2, 0) is 6.54 Å². The summed E-state index contributed by atoms with van der Waals surface area (Å²) >= 11 is 1.56. The van der Waals surface area contributed by atoms with Gasteiger partial charge in [-0.15, -0.1) is 11.3 Å². The zero-order chi connectivity index (χ0) is 17.6. The molecule has 0 unspecified atom stereocenters. The predicted molar refractivity (Wildman–Crippen MR) is 95.4 cm³/mol. The summed E-state index contributed by atoms with van der Waals surface area (Å²) in [5, 5.41) is 9.25. The molecule has 0 radical (unpaired) electrons. The molecule has 3 rings (SSSR count). The minimum atomic E-state index is -0.317. The fourth-order valence-corrected chi connectivity index (χ4v) is 2.99.